The first-order chi connectivity index (χ1) is 7.04. The Morgan fingerprint density at radius 2 is 2.20 bits per heavy atom. The molecule has 0 aliphatic heterocycles. The van der Waals surface area contributed by atoms with Crippen LogP contribution in [0.5, 0.6) is 0 Å². The predicted molar refractivity (Wildman–Crippen MR) is 64.0 cm³/mol. The van der Waals surface area contributed by atoms with Gasteiger partial charge in [0.05, 0.1) is 12.3 Å². The molecule has 0 radical (unpaired) electrons. The van der Waals surface area contributed by atoms with E-state index in [1.165, 1.54) is 0 Å². The third-order valence-electron chi connectivity index (χ3n) is 1.95. The summed E-state index contributed by atoms with van der Waals surface area (Å²) in [6.07, 6.45) is 0. The molecule has 0 aromatic carbocycles. The zero-order valence-electron chi connectivity index (χ0n) is 8.97. The fraction of sp³-hybridized carbons (Fsp3) is 0.500. The molecule has 0 saturated carbocycles. The summed E-state index contributed by atoms with van der Waals surface area (Å²) in [5.74, 6) is 0. The molecular weight excluding hydrogens is 235 g/mol. The van der Waals surface area contributed by atoms with Crippen molar-refractivity contribution in [3.05, 3.63) is 21.9 Å². The number of nitrogens with one attached hydrogen (secondary N) is 1. The number of nitrogens with zero attached hydrogens (tertiary/aromatic N) is 1. The van der Waals surface area contributed by atoms with E-state index in [0.29, 0.717) is 16.9 Å². The Hall–Kier alpha value is -0.510. The van der Waals surface area contributed by atoms with Gasteiger partial charge in [0.25, 0.3) is 0 Å². The van der Waals surface area contributed by atoms with E-state index >= 15 is 0 Å². The van der Waals surface area contributed by atoms with Crippen LogP contribution >= 0.6 is 23.2 Å². The summed E-state index contributed by atoms with van der Waals surface area (Å²) in [6.45, 7) is 4.55. The van der Waals surface area contributed by atoms with Gasteiger partial charge in [-0.3, -0.25) is 0 Å². The van der Waals surface area contributed by atoms with E-state index in [4.69, 9.17) is 27.9 Å². The van der Waals surface area contributed by atoms with E-state index in [1.807, 2.05) is 13.8 Å². The van der Waals surface area contributed by atoms with Crippen LogP contribution in [-0.4, -0.2) is 24.7 Å². The maximum Gasteiger partial charge on any atom is 0.154 e. The molecule has 1 unspecified atom stereocenters. The largest absolute Gasteiger partial charge is 0.383 e. The van der Waals surface area contributed by atoms with E-state index in [2.05, 4.69) is 10.3 Å². The summed E-state index contributed by atoms with van der Waals surface area (Å²) in [6, 6.07) is 1.95. The molecule has 3 nitrogen and oxygen atoms in total. The maximum atomic E-state index is 5.98. The highest BCUT2D eigenvalue weighted by Crippen LogP contribution is 2.26. The van der Waals surface area contributed by atoms with Crippen LogP contribution in [0.2, 0.25) is 10.3 Å². The number of aryl methyl sites for hydroxylation is 1. The molecule has 1 heterocycles. The number of rotatable bonds is 4. The Bertz CT molecular complexity index is 321. The molecular formula is C10H14Cl2N2O. The lowest BCUT2D eigenvalue weighted by atomic mass is 10.2. The fourth-order valence-corrected chi connectivity index (χ4v) is 1.89. The van der Waals surface area contributed by atoms with Crippen LogP contribution in [-0.2, 0) is 4.74 Å². The normalized spacial score (nSPS) is 12.6. The first-order valence-electron chi connectivity index (χ1n) is 4.62. The zero-order chi connectivity index (χ0) is 11.4. The van der Waals surface area contributed by atoms with Gasteiger partial charge in [-0.15, -0.1) is 0 Å². The van der Waals surface area contributed by atoms with E-state index in [9.17, 15) is 0 Å². The Morgan fingerprint density at radius 1 is 1.53 bits per heavy atom. The lowest BCUT2D eigenvalue weighted by Gasteiger charge is -2.17. The minimum Gasteiger partial charge on any atom is -0.383 e. The number of ether oxygens (including phenoxy) is 1. The van der Waals surface area contributed by atoms with Crippen LogP contribution in [0.1, 0.15) is 12.5 Å². The van der Waals surface area contributed by atoms with Crippen LogP contribution in [0.15, 0.2) is 6.07 Å². The second kappa shape index (κ2) is 5.54. The number of pyridine rings is 1. The predicted octanol–water partition coefficient (Wildman–Crippen LogP) is 3.14. The minimum atomic E-state index is 0.175. The second-order valence-electron chi connectivity index (χ2n) is 3.43. The lowest BCUT2D eigenvalue weighted by molar-refractivity contribution is 0.190. The van der Waals surface area contributed by atoms with Crippen LogP contribution < -0.4 is 5.32 Å². The summed E-state index contributed by atoms with van der Waals surface area (Å²) in [7, 11) is 1.66. The van der Waals surface area contributed by atoms with Gasteiger partial charge in [0.1, 0.15) is 5.15 Å². The van der Waals surface area contributed by atoms with Crippen molar-refractivity contribution in [1.82, 2.24) is 4.98 Å². The first-order valence-corrected chi connectivity index (χ1v) is 5.38. The highest BCUT2D eigenvalue weighted by atomic mass is 35.5. The third kappa shape index (κ3) is 3.52. The van der Waals surface area contributed by atoms with Crippen LogP contribution in [0, 0.1) is 6.92 Å². The average molecular weight is 249 g/mol. The van der Waals surface area contributed by atoms with Crippen molar-refractivity contribution in [3.63, 3.8) is 0 Å². The fourth-order valence-electron chi connectivity index (χ4n) is 1.31. The van der Waals surface area contributed by atoms with Crippen molar-refractivity contribution in [2.45, 2.75) is 19.9 Å². The molecule has 1 aromatic rings. The molecule has 1 rings (SSSR count). The van der Waals surface area contributed by atoms with Gasteiger partial charge < -0.3 is 10.1 Å². The number of anilines is 1. The van der Waals surface area contributed by atoms with Crippen molar-refractivity contribution in [1.29, 1.82) is 0 Å². The van der Waals surface area contributed by atoms with E-state index in [0.717, 1.165) is 11.3 Å². The number of hydrogen-bond acceptors (Lipinski definition) is 3. The molecule has 1 aromatic heterocycles. The van der Waals surface area contributed by atoms with Gasteiger partial charge in [-0.2, -0.15) is 0 Å². The van der Waals surface area contributed by atoms with Gasteiger partial charge in [-0.05, 0) is 25.5 Å². The topological polar surface area (TPSA) is 34.1 Å². The molecule has 0 fully saturated rings. The van der Waals surface area contributed by atoms with Crippen molar-refractivity contribution >= 4 is 28.9 Å². The molecule has 1 N–H and O–H groups in total. The first kappa shape index (κ1) is 12.6. The quantitative estimate of drug-likeness (QED) is 0.832. The molecule has 5 heteroatoms. The Balaban J connectivity index is 2.85. The molecule has 0 spiro atoms. The second-order valence-corrected chi connectivity index (χ2v) is 4.17. The summed E-state index contributed by atoms with van der Waals surface area (Å²) in [5.41, 5.74) is 1.79. The standard InChI is InChI=1S/C10H14Cl2N2O/c1-6-4-8(11)14-10(12)9(6)13-7(2)5-15-3/h4,7,13H,5H2,1-3H3. The van der Waals surface area contributed by atoms with Crippen molar-refractivity contribution < 1.29 is 4.74 Å². The van der Waals surface area contributed by atoms with Crippen LogP contribution in [0.3, 0.4) is 0 Å². The molecule has 15 heavy (non-hydrogen) atoms. The van der Waals surface area contributed by atoms with Crippen LogP contribution in [0.4, 0.5) is 5.69 Å². The maximum absolute atomic E-state index is 5.98. The highest BCUT2D eigenvalue weighted by molar-refractivity contribution is 6.34. The highest BCUT2D eigenvalue weighted by Gasteiger charge is 2.10. The Morgan fingerprint density at radius 3 is 2.73 bits per heavy atom. The number of hydrogen-bond donors (Lipinski definition) is 1. The summed E-state index contributed by atoms with van der Waals surface area (Å²) >= 11 is 11.8. The Labute approximate surface area is 99.7 Å². The third-order valence-corrected chi connectivity index (χ3v) is 2.42. The van der Waals surface area contributed by atoms with Gasteiger partial charge >= 0.3 is 0 Å². The summed E-state index contributed by atoms with van der Waals surface area (Å²) in [5, 5.41) is 4.03. The van der Waals surface area contributed by atoms with E-state index < -0.39 is 0 Å². The summed E-state index contributed by atoms with van der Waals surface area (Å²) < 4.78 is 5.03. The zero-order valence-corrected chi connectivity index (χ0v) is 10.5. The van der Waals surface area contributed by atoms with Crippen LogP contribution in [0.25, 0.3) is 0 Å². The van der Waals surface area contributed by atoms with E-state index in [-0.39, 0.29) is 6.04 Å². The smallest absolute Gasteiger partial charge is 0.154 e. The minimum absolute atomic E-state index is 0.175. The number of halogens is 2. The van der Waals surface area contributed by atoms with Gasteiger partial charge in [0.2, 0.25) is 0 Å². The molecule has 0 aliphatic carbocycles. The van der Waals surface area contributed by atoms with Crippen molar-refractivity contribution in [2.24, 2.45) is 0 Å². The van der Waals surface area contributed by atoms with Gasteiger partial charge in [-0.1, -0.05) is 23.2 Å². The monoisotopic (exact) mass is 248 g/mol. The summed E-state index contributed by atoms with van der Waals surface area (Å²) in [4.78, 5) is 3.98. The molecule has 1 atom stereocenters. The SMILES string of the molecule is COCC(C)Nc1c(C)cc(Cl)nc1Cl. The molecule has 0 aliphatic rings. The lowest BCUT2D eigenvalue weighted by Crippen LogP contribution is -2.21. The number of methoxy groups -OCH3 is 1. The van der Waals surface area contributed by atoms with Crippen molar-refractivity contribution in [2.75, 3.05) is 19.0 Å². The average Bonchev–Trinajstić information content (AvgIpc) is 2.11. The number of aromatic nitrogens is 1. The Kier molecular flexibility index (Phi) is 4.64. The molecule has 0 bridgehead atoms. The van der Waals surface area contributed by atoms with Gasteiger partial charge in [-0.25, -0.2) is 4.98 Å². The molecule has 0 saturated heterocycles. The molecule has 84 valence electrons. The van der Waals surface area contributed by atoms with Gasteiger partial charge in [0, 0.05) is 13.2 Å². The van der Waals surface area contributed by atoms with Crippen molar-refractivity contribution in [3.8, 4) is 0 Å². The van der Waals surface area contributed by atoms with Gasteiger partial charge in [0.15, 0.2) is 5.15 Å². The van der Waals surface area contributed by atoms with E-state index in [1.54, 1.807) is 13.2 Å². The molecule has 0 amide bonds.